The number of carbonyl (C=O) groups is 2. The highest BCUT2D eigenvalue weighted by molar-refractivity contribution is 6.02. The minimum atomic E-state index is -0.686. The van der Waals surface area contributed by atoms with Crippen molar-refractivity contribution in [3.8, 4) is 0 Å². The smallest absolute Gasteiger partial charge is 0.317 e. The van der Waals surface area contributed by atoms with Gasteiger partial charge in [-0.2, -0.15) is 0 Å². The summed E-state index contributed by atoms with van der Waals surface area (Å²) in [5.41, 5.74) is 2.26. The maximum Gasteiger partial charge on any atom is 0.317 e. The van der Waals surface area contributed by atoms with Gasteiger partial charge in [0, 0.05) is 12.3 Å². The Balaban J connectivity index is 1.78. The summed E-state index contributed by atoms with van der Waals surface area (Å²) in [6.45, 7) is 2.10. The van der Waals surface area contributed by atoms with Crippen LogP contribution in [0.3, 0.4) is 0 Å². The molecule has 1 saturated heterocycles. The third-order valence-corrected chi connectivity index (χ3v) is 5.41. The van der Waals surface area contributed by atoms with Gasteiger partial charge in [0.2, 0.25) is 0 Å². The molecule has 1 fully saturated rings. The van der Waals surface area contributed by atoms with Gasteiger partial charge in [-0.05, 0) is 30.4 Å². The van der Waals surface area contributed by atoms with Crippen LogP contribution < -0.4 is 0 Å². The Bertz CT molecular complexity index is 721. The first-order valence-corrected chi connectivity index (χ1v) is 10.0. The quantitative estimate of drug-likeness (QED) is 0.484. The molecule has 1 heterocycles. The number of aryl methyl sites for hydroxylation is 1. The second kappa shape index (κ2) is 9.50. The average molecular weight is 364 g/mol. The van der Waals surface area contributed by atoms with Gasteiger partial charge in [-0.1, -0.05) is 80.4 Å². The Morgan fingerprint density at radius 2 is 1.67 bits per heavy atom. The summed E-state index contributed by atoms with van der Waals surface area (Å²) in [4.78, 5) is 25.7. The summed E-state index contributed by atoms with van der Waals surface area (Å²) in [6.07, 6.45) is 4.48. The number of Topliss-reactive ketones (excluding diaryl/α,β-unsaturated/α-hetero) is 1. The number of cyclic esters (lactones) is 1. The highest BCUT2D eigenvalue weighted by atomic mass is 16.5. The molecule has 142 valence electrons. The van der Waals surface area contributed by atoms with E-state index in [0.29, 0.717) is 6.42 Å². The van der Waals surface area contributed by atoms with E-state index >= 15 is 0 Å². The van der Waals surface area contributed by atoms with Crippen molar-refractivity contribution >= 4 is 11.8 Å². The SMILES string of the molecule is CCCCC1CC(=O)C(C(CCc2ccccc2)c2ccccc2)C(=O)O1. The molecule has 3 nitrogen and oxygen atoms in total. The molecule has 3 atom stereocenters. The summed E-state index contributed by atoms with van der Waals surface area (Å²) in [5, 5.41) is 0. The van der Waals surface area contributed by atoms with Gasteiger partial charge in [-0.25, -0.2) is 0 Å². The molecule has 1 aliphatic heterocycles. The first kappa shape index (κ1) is 19.3. The molecule has 2 aromatic carbocycles. The lowest BCUT2D eigenvalue weighted by Crippen LogP contribution is -2.41. The molecule has 3 rings (SSSR count). The van der Waals surface area contributed by atoms with Crippen molar-refractivity contribution < 1.29 is 14.3 Å². The van der Waals surface area contributed by atoms with Gasteiger partial charge < -0.3 is 4.74 Å². The van der Waals surface area contributed by atoms with E-state index in [2.05, 4.69) is 19.1 Å². The van der Waals surface area contributed by atoms with Crippen molar-refractivity contribution in [2.45, 2.75) is 57.5 Å². The molecular formula is C24H28O3. The maximum atomic E-state index is 12.9. The fraction of sp³-hybridized carbons (Fsp3) is 0.417. The van der Waals surface area contributed by atoms with Crippen LogP contribution in [0.2, 0.25) is 0 Å². The van der Waals surface area contributed by atoms with Crippen molar-refractivity contribution in [2.24, 2.45) is 5.92 Å². The van der Waals surface area contributed by atoms with Gasteiger partial charge in [0.15, 0.2) is 5.78 Å². The zero-order valence-corrected chi connectivity index (χ0v) is 16.0. The number of ketones is 1. The summed E-state index contributed by atoms with van der Waals surface area (Å²) < 4.78 is 5.67. The molecule has 27 heavy (non-hydrogen) atoms. The predicted molar refractivity (Wildman–Crippen MR) is 106 cm³/mol. The number of benzene rings is 2. The van der Waals surface area contributed by atoms with E-state index < -0.39 is 5.92 Å². The third kappa shape index (κ3) is 5.06. The lowest BCUT2D eigenvalue weighted by molar-refractivity contribution is -0.166. The van der Waals surface area contributed by atoms with Gasteiger partial charge in [-0.3, -0.25) is 9.59 Å². The maximum absolute atomic E-state index is 12.9. The Morgan fingerprint density at radius 1 is 1.00 bits per heavy atom. The van der Waals surface area contributed by atoms with E-state index in [0.717, 1.165) is 37.7 Å². The molecule has 1 aliphatic rings. The summed E-state index contributed by atoms with van der Waals surface area (Å²) >= 11 is 0. The molecule has 0 amide bonds. The van der Waals surface area contributed by atoms with Crippen molar-refractivity contribution in [3.05, 3.63) is 71.8 Å². The summed E-state index contributed by atoms with van der Waals surface area (Å²) in [6, 6.07) is 20.1. The van der Waals surface area contributed by atoms with Gasteiger partial charge in [0.1, 0.15) is 12.0 Å². The largest absolute Gasteiger partial charge is 0.461 e. The van der Waals surface area contributed by atoms with E-state index in [1.165, 1.54) is 5.56 Å². The molecule has 0 aliphatic carbocycles. The lowest BCUT2D eigenvalue weighted by atomic mass is 9.77. The number of carbonyl (C=O) groups excluding carboxylic acids is 2. The van der Waals surface area contributed by atoms with Crippen molar-refractivity contribution in [3.63, 3.8) is 0 Å². The first-order valence-electron chi connectivity index (χ1n) is 10.0. The number of ether oxygens (including phenoxy) is 1. The van der Waals surface area contributed by atoms with Crippen LogP contribution in [0.15, 0.2) is 60.7 Å². The Morgan fingerprint density at radius 3 is 2.30 bits per heavy atom. The van der Waals surface area contributed by atoms with Crippen LogP contribution in [0.1, 0.15) is 56.1 Å². The Hall–Kier alpha value is -2.42. The number of rotatable bonds is 8. The summed E-state index contributed by atoms with van der Waals surface area (Å²) in [7, 11) is 0. The van der Waals surface area contributed by atoms with Crippen molar-refractivity contribution in [1.29, 1.82) is 0 Å². The van der Waals surface area contributed by atoms with Gasteiger partial charge in [-0.15, -0.1) is 0 Å². The standard InChI is InChI=1S/C24H28O3/c1-2-3-14-20-17-22(25)23(24(26)27-20)21(19-12-8-5-9-13-19)16-15-18-10-6-4-7-11-18/h4-13,20-21,23H,2-3,14-17H2,1H3. The van der Waals surface area contributed by atoms with Crippen LogP contribution in [0.4, 0.5) is 0 Å². The minimum absolute atomic E-state index is 0.0364. The predicted octanol–water partition coefficient (Wildman–Crippen LogP) is 5.09. The van der Waals surface area contributed by atoms with Crippen LogP contribution in [0, 0.1) is 5.92 Å². The Labute approximate surface area is 161 Å². The van der Waals surface area contributed by atoms with Crippen LogP contribution in [0.5, 0.6) is 0 Å². The molecular weight excluding hydrogens is 336 g/mol. The molecule has 0 N–H and O–H groups in total. The number of hydrogen-bond acceptors (Lipinski definition) is 3. The molecule has 0 aromatic heterocycles. The third-order valence-electron chi connectivity index (χ3n) is 5.41. The minimum Gasteiger partial charge on any atom is -0.461 e. The molecule has 0 spiro atoms. The highest BCUT2D eigenvalue weighted by Crippen LogP contribution is 2.35. The normalized spacial score (nSPS) is 20.9. The fourth-order valence-corrected chi connectivity index (χ4v) is 3.94. The number of hydrogen-bond donors (Lipinski definition) is 0. The first-order chi connectivity index (χ1) is 13.2. The van der Waals surface area contributed by atoms with Gasteiger partial charge >= 0.3 is 5.97 Å². The molecule has 2 aromatic rings. The van der Waals surface area contributed by atoms with Crippen LogP contribution >= 0.6 is 0 Å². The van der Waals surface area contributed by atoms with Crippen LogP contribution in [-0.4, -0.2) is 17.9 Å². The Kier molecular flexibility index (Phi) is 6.80. The van der Waals surface area contributed by atoms with E-state index in [4.69, 9.17) is 4.74 Å². The fourth-order valence-electron chi connectivity index (χ4n) is 3.94. The summed E-state index contributed by atoms with van der Waals surface area (Å²) in [5.74, 6) is -1.13. The second-order valence-electron chi connectivity index (χ2n) is 7.39. The lowest BCUT2D eigenvalue weighted by Gasteiger charge is -2.32. The average Bonchev–Trinajstić information content (AvgIpc) is 2.69. The van der Waals surface area contributed by atoms with Gasteiger partial charge in [0.05, 0.1) is 0 Å². The zero-order valence-electron chi connectivity index (χ0n) is 16.0. The highest BCUT2D eigenvalue weighted by Gasteiger charge is 2.42. The van der Waals surface area contributed by atoms with Crippen molar-refractivity contribution in [2.75, 3.05) is 0 Å². The topological polar surface area (TPSA) is 43.4 Å². The number of unbranched alkanes of at least 4 members (excludes halogenated alkanes) is 1. The molecule has 0 radical (unpaired) electrons. The molecule has 3 unspecified atom stereocenters. The number of esters is 1. The molecule has 0 bridgehead atoms. The second-order valence-corrected chi connectivity index (χ2v) is 7.39. The van der Waals surface area contributed by atoms with E-state index in [9.17, 15) is 9.59 Å². The van der Waals surface area contributed by atoms with Gasteiger partial charge in [0.25, 0.3) is 0 Å². The molecule has 3 heteroatoms. The van der Waals surface area contributed by atoms with E-state index in [1.54, 1.807) is 0 Å². The van der Waals surface area contributed by atoms with Crippen LogP contribution in [-0.2, 0) is 20.7 Å². The van der Waals surface area contributed by atoms with Crippen molar-refractivity contribution in [1.82, 2.24) is 0 Å². The zero-order chi connectivity index (χ0) is 19.1. The van der Waals surface area contributed by atoms with E-state index in [1.807, 2.05) is 48.5 Å². The molecule has 0 saturated carbocycles. The monoisotopic (exact) mass is 364 g/mol. The van der Waals surface area contributed by atoms with E-state index in [-0.39, 0.29) is 23.8 Å². The van der Waals surface area contributed by atoms with Crippen LogP contribution in [0.25, 0.3) is 0 Å².